The molecule has 0 aliphatic rings. The minimum absolute atomic E-state index is 0.246. The van der Waals surface area contributed by atoms with Crippen molar-refractivity contribution in [2.24, 2.45) is 0 Å². The highest BCUT2D eigenvalue weighted by molar-refractivity contribution is 5.89. The molecular weight excluding hydrogens is 304 g/mol. The number of amides is 2. The van der Waals surface area contributed by atoms with Crippen LogP contribution in [0.25, 0.3) is 0 Å². The molecule has 0 spiro atoms. The first-order valence-corrected chi connectivity index (χ1v) is 7.73. The van der Waals surface area contributed by atoms with Crippen LogP contribution in [0.3, 0.4) is 0 Å². The molecule has 5 heteroatoms. The van der Waals surface area contributed by atoms with E-state index in [1.807, 2.05) is 42.5 Å². The van der Waals surface area contributed by atoms with E-state index in [0.717, 1.165) is 17.7 Å². The Kier molecular flexibility index (Phi) is 6.71. The zero-order valence-electron chi connectivity index (χ0n) is 13.7. The molecule has 2 amide bonds. The summed E-state index contributed by atoms with van der Waals surface area (Å²) in [7, 11) is 1.64. The summed E-state index contributed by atoms with van der Waals surface area (Å²) in [6, 6.07) is 14.8. The van der Waals surface area contributed by atoms with E-state index >= 15 is 0 Å². The Morgan fingerprint density at radius 2 is 1.96 bits per heavy atom. The number of anilines is 1. The maximum absolute atomic E-state index is 11.9. The van der Waals surface area contributed by atoms with Crippen LogP contribution in [0.5, 0.6) is 11.5 Å². The predicted molar refractivity (Wildman–Crippen MR) is 95.9 cm³/mol. The molecule has 0 saturated carbocycles. The van der Waals surface area contributed by atoms with Crippen molar-refractivity contribution in [1.82, 2.24) is 5.32 Å². The summed E-state index contributed by atoms with van der Waals surface area (Å²) in [5.74, 6) is 1.51. The van der Waals surface area contributed by atoms with Crippen LogP contribution >= 0.6 is 0 Å². The molecule has 2 aromatic carbocycles. The number of nitrogens with one attached hydrogen (secondary N) is 2. The molecule has 5 nitrogen and oxygen atoms in total. The van der Waals surface area contributed by atoms with Crippen molar-refractivity contribution in [3.8, 4) is 11.5 Å². The molecule has 0 fully saturated rings. The molecular formula is C19H22N2O3. The van der Waals surface area contributed by atoms with Gasteiger partial charge in [0.25, 0.3) is 0 Å². The SMILES string of the molecule is C=CCOc1cccc(NC(=O)NCCc2ccc(OC)cc2)c1. The van der Waals surface area contributed by atoms with Gasteiger partial charge in [0.15, 0.2) is 0 Å². The number of benzene rings is 2. The average Bonchev–Trinajstić information content (AvgIpc) is 2.61. The Morgan fingerprint density at radius 3 is 2.67 bits per heavy atom. The lowest BCUT2D eigenvalue weighted by atomic mass is 10.1. The summed E-state index contributed by atoms with van der Waals surface area (Å²) in [5.41, 5.74) is 1.81. The molecule has 0 bridgehead atoms. The number of methoxy groups -OCH3 is 1. The molecule has 0 heterocycles. The monoisotopic (exact) mass is 326 g/mol. The third-order valence-corrected chi connectivity index (χ3v) is 3.32. The lowest BCUT2D eigenvalue weighted by molar-refractivity contribution is 0.252. The maximum atomic E-state index is 11.9. The number of carbonyl (C=O) groups excluding carboxylic acids is 1. The number of rotatable bonds is 8. The van der Waals surface area contributed by atoms with Crippen LogP contribution < -0.4 is 20.1 Å². The highest BCUT2D eigenvalue weighted by atomic mass is 16.5. The van der Waals surface area contributed by atoms with Crippen molar-refractivity contribution in [2.45, 2.75) is 6.42 Å². The van der Waals surface area contributed by atoms with Crippen molar-refractivity contribution >= 4 is 11.7 Å². The molecule has 0 saturated heterocycles. The lowest BCUT2D eigenvalue weighted by Gasteiger charge is -2.09. The molecule has 2 rings (SSSR count). The highest BCUT2D eigenvalue weighted by Gasteiger charge is 2.03. The van der Waals surface area contributed by atoms with Crippen LogP contribution in [-0.4, -0.2) is 26.3 Å². The first-order chi connectivity index (χ1) is 11.7. The maximum Gasteiger partial charge on any atom is 0.319 e. The van der Waals surface area contributed by atoms with Crippen LogP contribution in [0.2, 0.25) is 0 Å². The molecule has 24 heavy (non-hydrogen) atoms. The standard InChI is InChI=1S/C19H22N2O3/c1-3-13-24-18-6-4-5-16(14-18)21-19(22)20-12-11-15-7-9-17(23-2)10-8-15/h3-10,14H,1,11-13H2,2H3,(H2,20,21,22). The first-order valence-electron chi connectivity index (χ1n) is 7.73. The summed E-state index contributed by atoms with van der Waals surface area (Å²) in [5, 5.41) is 5.62. The fraction of sp³-hybridized carbons (Fsp3) is 0.211. The Bertz CT molecular complexity index is 669. The third kappa shape index (κ3) is 5.68. The van der Waals surface area contributed by atoms with E-state index in [1.54, 1.807) is 19.3 Å². The quantitative estimate of drug-likeness (QED) is 0.728. The van der Waals surface area contributed by atoms with Gasteiger partial charge in [-0.05, 0) is 36.2 Å². The van der Waals surface area contributed by atoms with E-state index < -0.39 is 0 Å². The van der Waals surface area contributed by atoms with E-state index in [4.69, 9.17) is 9.47 Å². The molecule has 0 unspecified atom stereocenters. The van der Waals surface area contributed by atoms with Crippen LogP contribution in [0.15, 0.2) is 61.2 Å². The van der Waals surface area contributed by atoms with Crippen molar-refractivity contribution in [3.05, 3.63) is 66.7 Å². The first kappa shape index (κ1) is 17.4. The number of hydrogen-bond donors (Lipinski definition) is 2. The predicted octanol–water partition coefficient (Wildman–Crippen LogP) is 3.62. The van der Waals surface area contributed by atoms with Gasteiger partial charge < -0.3 is 20.1 Å². The molecule has 2 aromatic rings. The Morgan fingerprint density at radius 1 is 1.17 bits per heavy atom. The van der Waals surface area contributed by atoms with Crippen molar-refractivity contribution < 1.29 is 14.3 Å². The fourth-order valence-corrected chi connectivity index (χ4v) is 2.11. The number of carbonyl (C=O) groups is 1. The van der Waals surface area contributed by atoms with Crippen LogP contribution in [0.1, 0.15) is 5.56 Å². The molecule has 0 radical (unpaired) electrons. The van der Waals surface area contributed by atoms with Gasteiger partial charge in [-0.2, -0.15) is 0 Å². The molecule has 0 atom stereocenters. The Balaban J connectivity index is 1.77. The topological polar surface area (TPSA) is 59.6 Å². The van der Waals surface area contributed by atoms with Gasteiger partial charge in [0, 0.05) is 18.3 Å². The summed E-state index contributed by atoms with van der Waals surface area (Å²) < 4.78 is 10.6. The van der Waals surface area contributed by atoms with Crippen LogP contribution in [0.4, 0.5) is 10.5 Å². The normalized spacial score (nSPS) is 9.88. The zero-order valence-corrected chi connectivity index (χ0v) is 13.7. The second kappa shape index (κ2) is 9.25. The second-order valence-electron chi connectivity index (χ2n) is 5.11. The van der Waals surface area contributed by atoms with E-state index in [0.29, 0.717) is 24.6 Å². The van der Waals surface area contributed by atoms with Gasteiger partial charge in [-0.3, -0.25) is 0 Å². The Labute approximate surface area is 142 Å². The zero-order chi connectivity index (χ0) is 17.2. The summed E-state index contributed by atoms with van der Waals surface area (Å²) in [6.07, 6.45) is 2.42. The van der Waals surface area contributed by atoms with Gasteiger partial charge in [-0.1, -0.05) is 30.9 Å². The van der Waals surface area contributed by atoms with Gasteiger partial charge in [-0.25, -0.2) is 4.79 Å². The molecule has 0 aliphatic carbocycles. The van der Waals surface area contributed by atoms with Gasteiger partial charge in [0.2, 0.25) is 0 Å². The smallest absolute Gasteiger partial charge is 0.319 e. The summed E-state index contributed by atoms with van der Waals surface area (Å²) in [4.78, 5) is 11.9. The van der Waals surface area contributed by atoms with E-state index in [1.165, 1.54) is 0 Å². The van der Waals surface area contributed by atoms with Crippen LogP contribution in [-0.2, 0) is 6.42 Å². The summed E-state index contributed by atoms with van der Waals surface area (Å²) >= 11 is 0. The average molecular weight is 326 g/mol. The fourth-order valence-electron chi connectivity index (χ4n) is 2.11. The number of urea groups is 1. The third-order valence-electron chi connectivity index (χ3n) is 3.32. The lowest BCUT2D eigenvalue weighted by Crippen LogP contribution is -2.30. The molecule has 0 aromatic heterocycles. The van der Waals surface area contributed by atoms with Gasteiger partial charge in [0.1, 0.15) is 18.1 Å². The number of ether oxygens (including phenoxy) is 2. The van der Waals surface area contributed by atoms with Crippen molar-refractivity contribution in [1.29, 1.82) is 0 Å². The largest absolute Gasteiger partial charge is 0.497 e. The van der Waals surface area contributed by atoms with Crippen molar-refractivity contribution in [3.63, 3.8) is 0 Å². The van der Waals surface area contributed by atoms with E-state index in [-0.39, 0.29) is 6.03 Å². The van der Waals surface area contributed by atoms with Gasteiger partial charge in [-0.15, -0.1) is 0 Å². The molecule has 0 aliphatic heterocycles. The van der Waals surface area contributed by atoms with Crippen LogP contribution in [0, 0.1) is 0 Å². The van der Waals surface area contributed by atoms with E-state index in [2.05, 4.69) is 17.2 Å². The number of hydrogen-bond acceptors (Lipinski definition) is 3. The second-order valence-corrected chi connectivity index (χ2v) is 5.11. The molecule has 2 N–H and O–H groups in total. The summed E-state index contributed by atoms with van der Waals surface area (Å²) in [6.45, 7) is 4.58. The minimum atomic E-state index is -0.246. The van der Waals surface area contributed by atoms with Gasteiger partial charge in [0.05, 0.1) is 7.11 Å². The van der Waals surface area contributed by atoms with E-state index in [9.17, 15) is 4.79 Å². The van der Waals surface area contributed by atoms with Gasteiger partial charge >= 0.3 is 6.03 Å². The highest BCUT2D eigenvalue weighted by Crippen LogP contribution is 2.17. The van der Waals surface area contributed by atoms with Crippen molar-refractivity contribution in [2.75, 3.05) is 25.6 Å². The molecule has 126 valence electrons. The minimum Gasteiger partial charge on any atom is -0.497 e. The Hall–Kier alpha value is -2.95.